The highest BCUT2D eigenvalue weighted by Gasteiger charge is 2.04. The van der Waals surface area contributed by atoms with Crippen molar-refractivity contribution in [3.8, 4) is 5.75 Å². The average molecular weight is 325 g/mol. The van der Waals surface area contributed by atoms with Crippen molar-refractivity contribution in [2.75, 3.05) is 11.9 Å². The van der Waals surface area contributed by atoms with Gasteiger partial charge in [-0.1, -0.05) is 6.07 Å². The Balaban J connectivity index is 2.03. The van der Waals surface area contributed by atoms with E-state index >= 15 is 0 Å². The summed E-state index contributed by atoms with van der Waals surface area (Å²) in [4.78, 5) is 4.40. The number of aromatic nitrogens is 1. The first-order valence-corrected chi connectivity index (χ1v) is 6.76. The van der Waals surface area contributed by atoms with Gasteiger partial charge in [-0.15, -0.1) is 0 Å². The standard InChI is InChI=1S/C14H14BrFN2O/c1-2-17-14-5-3-4-11(18-14)9-19-13-7-6-10(16)8-12(13)15/h3-8H,2,9H2,1H3,(H,17,18). The van der Waals surface area contributed by atoms with Crippen LogP contribution in [0.25, 0.3) is 0 Å². The SMILES string of the molecule is CCNc1cccc(COc2ccc(F)cc2Br)n1. The quantitative estimate of drug-likeness (QED) is 0.902. The summed E-state index contributed by atoms with van der Waals surface area (Å²) in [6.07, 6.45) is 0. The summed E-state index contributed by atoms with van der Waals surface area (Å²) in [6.45, 7) is 3.17. The molecular formula is C14H14BrFN2O. The van der Waals surface area contributed by atoms with Crippen molar-refractivity contribution in [2.24, 2.45) is 0 Å². The van der Waals surface area contributed by atoms with Crippen molar-refractivity contribution in [2.45, 2.75) is 13.5 Å². The smallest absolute Gasteiger partial charge is 0.134 e. The maximum absolute atomic E-state index is 12.9. The largest absolute Gasteiger partial charge is 0.486 e. The molecule has 0 fully saturated rings. The van der Waals surface area contributed by atoms with Gasteiger partial charge < -0.3 is 10.1 Å². The van der Waals surface area contributed by atoms with E-state index in [9.17, 15) is 4.39 Å². The summed E-state index contributed by atoms with van der Waals surface area (Å²) >= 11 is 3.26. The second-order valence-electron chi connectivity index (χ2n) is 3.91. The number of nitrogens with one attached hydrogen (secondary N) is 1. The van der Waals surface area contributed by atoms with Crippen LogP contribution in [0.5, 0.6) is 5.75 Å². The molecule has 5 heteroatoms. The predicted octanol–water partition coefficient (Wildman–Crippen LogP) is 3.99. The molecule has 0 spiro atoms. The molecule has 1 aromatic heterocycles. The van der Waals surface area contributed by atoms with Gasteiger partial charge in [0.15, 0.2) is 0 Å². The molecule has 0 aliphatic carbocycles. The molecule has 2 rings (SSSR count). The molecule has 1 heterocycles. The van der Waals surface area contributed by atoms with E-state index in [4.69, 9.17) is 4.74 Å². The zero-order valence-electron chi connectivity index (χ0n) is 10.5. The lowest BCUT2D eigenvalue weighted by atomic mass is 10.3. The van der Waals surface area contributed by atoms with Gasteiger partial charge >= 0.3 is 0 Å². The van der Waals surface area contributed by atoms with Crippen LogP contribution >= 0.6 is 15.9 Å². The van der Waals surface area contributed by atoms with E-state index < -0.39 is 0 Å². The fraction of sp³-hybridized carbons (Fsp3) is 0.214. The highest BCUT2D eigenvalue weighted by atomic mass is 79.9. The Morgan fingerprint density at radius 2 is 2.16 bits per heavy atom. The molecule has 3 nitrogen and oxygen atoms in total. The molecule has 0 atom stereocenters. The van der Waals surface area contributed by atoms with E-state index in [2.05, 4.69) is 26.2 Å². The third kappa shape index (κ3) is 3.92. The lowest BCUT2D eigenvalue weighted by molar-refractivity contribution is 0.299. The van der Waals surface area contributed by atoms with Gasteiger partial charge in [0.2, 0.25) is 0 Å². The first-order valence-electron chi connectivity index (χ1n) is 5.96. The Hall–Kier alpha value is -1.62. The van der Waals surface area contributed by atoms with Crippen LogP contribution in [0.4, 0.5) is 10.2 Å². The number of anilines is 1. The molecule has 19 heavy (non-hydrogen) atoms. The van der Waals surface area contributed by atoms with Crippen molar-refractivity contribution >= 4 is 21.7 Å². The number of nitrogens with zero attached hydrogens (tertiary/aromatic N) is 1. The first kappa shape index (κ1) is 13.8. The summed E-state index contributed by atoms with van der Waals surface area (Å²) < 4.78 is 19.1. The van der Waals surface area contributed by atoms with E-state index in [1.807, 2.05) is 25.1 Å². The number of hydrogen-bond acceptors (Lipinski definition) is 3. The molecule has 1 aromatic carbocycles. The maximum atomic E-state index is 12.9. The minimum Gasteiger partial charge on any atom is -0.486 e. The van der Waals surface area contributed by atoms with Crippen LogP contribution < -0.4 is 10.1 Å². The van der Waals surface area contributed by atoms with Gasteiger partial charge in [-0.2, -0.15) is 0 Å². The Kier molecular flexibility index (Phi) is 4.74. The Bertz CT molecular complexity index is 563. The van der Waals surface area contributed by atoms with Crippen molar-refractivity contribution in [1.29, 1.82) is 0 Å². The number of benzene rings is 1. The molecule has 0 bridgehead atoms. The van der Waals surface area contributed by atoms with Crippen molar-refractivity contribution in [3.63, 3.8) is 0 Å². The molecule has 0 unspecified atom stereocenters. The van der Waals surface area contributed by atoms with E-state index in [1.165, 1.54) is 12.1 Å². The minimum absolute atomic E-state index is 0.300. The van der Waals surface area contributed by atoms with Crippen LogP contribution in [0.2, 0.25) is 0 Å². The van der Waals surface area contributed by atoms with Gasteiger partial charge in [0.1, 0.15) is 24.0 Å². The molecule has 0 aliphatic rings. The summed E-state index contributed by atoms with van der Waals surface area (Å²) in [5, 5.41) is 3.14. The summed E-state index contributed by atoms with van der Waals surface area (Å²) in [5.41, 5.74) is 0.815. The molecule has 0 aliphatic heterocycles. The number of rotatable bonds is 5. The zero-order valence-corrected chi connectivity index (χ0v) is 12.1. The third-order valence-corrected chi connectivity index (χ3v) is 3.05. The van der Waals surface area contributed by atoms with Gasteiger partial charge in [0.25, 0.3) is 0 Å². The number of halogens is 2. The van der Waals surface area contributed by atoms with Gasteiger partial charge in [-0.05, 0) is 53.2 Å². The maximum Gasteiger partial charge on any atom is 0.134 e. The van der Waals surface area contributed by atoms with Crippen molar-refractivity contribution in [1.82, 2.24) is 4.98 Å². The summed E-state index contributed by atoms with van der Waals surface area (Å²) in [5.74, 6) is 1.12. The molecule has 0 amide bonds. The van der Waals surface area contributed by atoms with Crippen LogP contribution in [-0.2, 0) is 6.61 Å². The first-order chi connectivity index (χ1) is 9.19. The monoisotopic (exact) mass is 324 g/mol. The Morgan fingerprint density at radius 3 is 2.89 bits per heavy atom. The van der Waals surface area contributed by atoms with Gasteiger partial charge in [-0.3, -0.25) is 0 Å². The second kappa shape index (κ2) is 6.52. The number of ether oxygens (including phenoxy) is 1. The Labute approximate surface area is 119 Å². The molecule has 0 radical (unpaired) electrons. The van der Waals surface area contributed by atoms with Crippen molar-refractivity contribution in [3.05, 3.63) is 52.4 Å². The van der Waals surface area contributed by atoms with Gasteiger partial charge in [0.05, 0.1) is 10.2 Å². The van der Waals surface area contributed by atoms with E-state index in [1.54, 1.807) is 6.07 Å². The van der Waals surface area contributed by atoms with Crippen LogP contribution in [0.15, 0.2) is 40.9 Å². The number of hydrogen-bond donors (Lipinski definition) is 1. The van der Waals surface area contributed by atoms with E-state index in [0.717, 1.165) is 18.1 Å². The molecular weight excluding hydrogens is 311 g/mol. The minimum atomic E-state index is -0.300. The Morgan fingerprint density at radius 1 is 1.32 bits per heavy atom. The molecule has 0 saturated carbocycles. The van der Waals surface area contributed by atoms with Crippen LogP contribution in [-0.4, -0.2) is 11.5 Å². The van der Waals surface area contributed by atoms with Crippen molar-refractivity contribution < 1.29 is 9.13 Å². The van der Waals surface area contributed by atoms with Crippen LogP contribution in [0, 0.1) is 5.82 Å². The predicted molar refractivity (Wildman–Crippen MR) is 76.8 cm³/mol. The lowest BCUT2D eigenvalue weighted by Crippen LogP contribution is -2.03. The van der Waals surface area contributed by atoms with E-state index in [0.29, 0.717) is 16.8 Å². The lowest BCUT2D eigenvalue weighted by Gasteiger charge is -2.09. The topological polar surface area (TPSA) is 34.1 Å². The highest BCUT2D eigenvalue weighted by Crippen LogP contribution is 2.26. The van der Waals surface area contributed by atoms with Crippen LogP contribution in [0.1, 0.15) is 12.6 Å². The molecule has 1 N–H and O–H groups in total. The fourth-order valence-electron chi connectivity index (χ4n) is 1.58. The summed E-state index contributed by atoms with van der Waals surface area (Å²) in [6, 6.07) is 10.0. The normalized spacial score (nSPS) is 10.3. The van der Waals surface area contributed by atoms with E-state index in [-0.39, 0.29) is 5.82 Å². The zero-order chi connectivity index (χ0) is 13.7. The molecule has 100 valence electrons. The second-order valence-corrected chi connectivity index (χ2v) is 4.76. The summed E-state index contributed by atoms with van der Waals surface area (Å²) in [7, 11) is 0. The van der Waals surface area contributed by atoms with Crippen LogP contribution in [0.3, 0.4) is 0 Å². The highest BCUT2D eigenvalue weighted by molar-refractivity contribution is 9.10. The average Bonchev–Trinajstić information content (AvgIpc) is 2.38. The van der Waals surface area contributed by atoms with Gasteiger partial charge in [-0.25, -0.2) is 9.37 Å². The fourth-order valence-corrected chi connectivity index (χ4v) is 2.05. The molecule has 2 aromatic rings. The third-order valence-electron chi connectivity index (χ3n) is 2.43. The number of pyridine rings is 1. The molecule has 0 saturated heterocycles. The van der Waals surface area contributed by atoms with Gasteiger partial charge in [0, 0.05) is 6.54 Å².